The van der Waals surface area contributed by atoms with E-state index in [-0.39, 0.29) is 5.82 Å². The second-order valence-corrected chi connectivity index (χ2v) is 4.68. The molecule has 0 unspecified atom stereocenters. The van der Waals surface area contributed by atoms with Gasteiger partial charge in [0.05, 0.1) is 12.1 Å². The molecule has 0 saturated heterocycles. The van der Waals surface area contributed by atoms with Crippen molar-refractivity contribution in [2.75, 3.05) is 0 Å². The van der Waals surface area contributed by atoms with E-state index in [1.54, 1.807) is 6.07 Å². The van der Waals surface area contributed by atoms with Gasteiger partial charge in [-0.25, -0.2) is 9.37 Å². The first-order chi connectivity index (χ1) is 8.33. The first kappa shape index (κ1) is 10.7. The number of fused-ring (bicyclic) bond motifs is 1. The molecule has 1 aromatic carbocycles. The van der Waals surface area contributed by atoms with Crippen LogP contribution in [-0.2, 0) is 6.54 Å². The molecule has 0 amide bonds. The van der Waals surface area contributed by atoms with Gasteiger partial charge < -0.3 is 10.3 Å². The highest BCUT2D eigenvalue weighted by Gasteiger charge is 2.15. The number of nitrogens with zero attached hydrogens (tertiary/aromatic N) is 1. The Morgan fingerprint density at radius 2 is 2.18 bits per heavy atom. The van der Waals surface area contributed by atoms with Gasteiger partial charge in [-0.3, -0.25) is 0 Å². The molecule has 3 nitrogen and oxygen atoms in total. The second-order valence-electron chi connectivity index (χ2n) is 4.68. The predicted molar refractivity (Wildman–Crippen MR) is 65.1 cm³/mol. The summed E-state index contributed by atoms with van der Waals surface area (Å²) >= 11 is 0. The lowest BCUT2D eigenvalue weighted by Crippen LogP contribution is -2.25. The molecule has 1 heterocycles. The molecule has 2 aromatic rings. The average molecular weight is 233 g/mol. The van der Waals surface area contributed by atoms with E-state index >= 15 is 0 Å². The van der Waals surface area contributed by atoms with E-state index in [9.17, 15) is 4.39 Å². The lowest BCUT2D eigenvalue weighted by atomic mass is 10.2. The minimum Gasteiger partial charge on any atom is -0.341 e. The number of para-hydroxylation sites is 1. The molecule has 2 N–H and O–H groups in total. The summed E-state index contributed by atoms with van der Waals surface area (Å²) in [5, 5.41) is 3.46. The van der Waals surface area contributed by atoms with Crippen LogP contribution in [0.15, 0.2) is 18.2 Å². The zero-order valence-corrected chi connectivity index (χ0v) is 9.67. The fourth-order valence-corrected chi connectivity index (χ4v) is 2.50. The highest BCUT2D eigenvalue weighted by Crippen LogP contribution is 2.19. The van der Waals surface area contributed by atoms with E-state index in [0.717, 1.165) is 11.3 Å². The fourth-order valence-electron chi connectivity index (χ4n) is 2.50. The number of benzene rings is 1. The molecule has 90 valence electrons. The van der Waals surface area contributed by atoms with Crippen LogP contribution in [0.3, 0.4) is 0 Å². The molecule has 1 aromatic heterocycles. The van der Waals surface area contributed by atoms with Crippen molar-refractivity contribution in [1.82, 2.24) is 15.3 Å². The van der Waals surface area contributed by atoms with Gasteiger partial charge in [0.15, 0.2) is 5.82 Å². The van der Waals surface area contributed by atoms with E-state index in [1.807, 2.05) is 6.07 Å². The highest BCUT2D eigenvalue weighted by atomic mass is 19.1. The average Bonchev–Trinajstić information content (AvgIpc) is 2.95. The Morgan fingerprint density at radius 3 is 2.94 bits per heavy atom. The first-order valence-corrected chi connectivity index (χ1v) is 6.19. The number of imidazole rings is 1. The van der Waals surface area contributed by atoms with Crippen molar-refractivity contribution in [2.24, 2.45) is 0 Å². The summed E-state index contributed by atoms with van der Waals surface area (Å²) in [7, 11) is 0. The fraction of sp³-hybridized carbons (Fsp3) is 0.462. The van der Waals surface area contributed by atoms with Crippen LogP contribution >= 0.6 is 0 Å². The largest absolute Gasteiger partial charge is 0.341 e. The zero-order chi connectivity index (χ0) is 11.7. The van der Waals surface area contributed by atoms with Crippen LogP contribution in [0.5, 0.6) is 0 Å². The summed E-state index contributed by atoms with van der Waals surface area (Å²) in [5.74, 6) is 0.558. The van der Waals surface area contributed by atoms with Crippen LogP contribution in [0.4, 0.5) is 4.39 Å². The molecule has 0 spiro atoms. The van der Waals surface area contributed by atoms with E-state index in [2.05, 4.69) is 15.3 Å². The Hall–Kier alpha value is -1.42. The van der Waals surface area contributed by atoms with Crippen molar-refractivity contribution in [2.45, 2.75) is 38.3 Å². The van der Waals surface area contributed by atoms with Crippen molar-refractivity contribution in [3.8, 4) is 0 Å². The number of halogens is 1. The van der Waals surface area contributed by atoms with Crippen LogP contribution in [0.2, 0.25) is 0 Å². The van der Waals surface area contributed by atoms with Crippen LogP contribution < -0.4 is 5.32 Å². The minimum absolute atomic E-state index is 0.258. The summed E-state index contributed by atoms with van der Waals surface area (Å²) in [6.07, 6.45) is 5.11. The van der Waals surface area contributed by atoms with Crippen LogP contribution in [0.1, 0.15) is 31.5 Å². The summed E-state index contributed by atoms with van der Waals surface area (Å²) in [6, 6.07) is 5.60. The standard InChI is InChI=1S/C13H16FN3/c14-10-6-3-7-11-13(10)17-12(16-11)8-15-9-4-1-2-5-9/h3,6-7,9,15H,1-2,4-5,8H2,(H,16,17). The van der Waals surface area contributed by atoms with Gasteiger partial charge in [-0.05, 0) is 25.0 Å². The summed E-state index contributed by atoms with van der Waals surface area (Å²) in [6.45, 7) is 0.693. The Kier molecular flexibility index (Phi) is 2.81. The molecule has 0 aliphatic heterocycles. The van der Waals surface area contributed by atoms with Gasteiger partial charge >= 0.3 is 0 Å². The molecule has 1 aliphatic carbocycles. The molecule has 1 fully saturated rings. The van der Waals surface area contributed by atoms with Crippen molar-refractivity contribution < 1.29 is 4.39 Å². The number of hydrogen-bond donors (Lipinski definition) is 2. The van der Waals surface area contributed by atoms with Crippen LogP contribution in [-0.4, -0.2) is 16.0 Å². The Labute approximate surface area is 99.4 Å². The Balaban J connectivity index is 1.74. The summed E-state index contributed by atoms with van der Waals surface area (Å²) < 4.78 is 13.4. The predicted octanol–water partition coefficient (Wildman–Crippen LogP) is 2.73. The van der Waals surface area contributed by atoms with Gasteiger partial charge in [-0.1, -0.05) is 18.9 Å². The van der Waals surface area contributed by atoms with Gasteiger partial charge in [0.25, 0.3) is 0 Å². The van der Waals surface area contributed by atoms with Crippen molar-refractivity contribution in [3.05, 3.63) is 29.8 Å². The SMILES string of the molecule is Fc1cccc2[nH]c(CNC3CCCC3)nc12. The number of aromatic amines is 1. The second kappa shape index (κ2) is 4.45. The molecule has 0 atom stereocenters. The normalized spacial score (nSPS) is 17.0. The molecule has 3 rings (SSSR count). The maximum absolute atomic E-state index is 13.4. The lowest BCUT2D eigenvalue weighted by Gasteiger charge is -2.09. The number of aromatic nitrogens is 2. The van der Waals surface area contributed by atoms with Gasteiger partial charge in [-0.2, -0.15) is 0 Å². The van der Waals surface area contributed by atoms with E-state index in [0.29, 0.717) is 18.1 Å². The maximum atomic E-state index is 13.4. The summed E-state index contributed by atoms with van der Waals surface area (Å²) in [5.41, 5.74) is 1.21. The summed E-state index contributed by atoms with van der Waals surface area (Å²) in [4.78, 5) is 7.43. The van der Waals surface area contributed by atoms with Gasteiger partial charge in [0.2, 0.25) is 0 Å². The Morgan fingerprint density at radius 1 is 1.35 bits per heavy atom. The topological polar surface area (TPSA) is 40.7 Å². The molecule has 17 heavy (non-hydrogen) atoms. The molecule has 0 bridgehead atoms. The molecular weight excluding hydrogens is 217 g/mol. The van der Waals surface area contributed by atoms with E-state index in [4.69, 9.17) is 0 Å². The highest BCUT2D eigenvalue weighted by molar-refractivity contribution is 5.75. The van der Waals surface area contributed by atoms with Crippen molar-refractivity contribution >= 4 is 11.0 Å². The van der Waals surface area contributed by atoms with Gasteiger partial charge in [0.1, 0.15) is 11.3 Å². The molecule has 4 heteroatoms. The quantitative estimate of drug-likeness (QED) is 0.855. The molecular formula is C13H16FN3. The minimum atomic E-state index is -0.258. The van der Waals surface area contributed by atoms with Crippen molar-refractivity contribution in [3.63, 3.8) is 0 Å². The van der Waals surface area contributed by atoms with Crippen LogP contribution in [0, 0.1) is 5.82 Å². The third-order valence-electron chi connectivity index (χ3n) is 3.43. The van der Waals surface area contributed by atoms with Gasteiger partial charge in [0, 0.05) is 6.04 Å². The number of H-pyrrole nitrogens is 1. The molecule has 1 aliphatic rings. The molecule has 0 radical (unpaired) electrons. The van der Waals surface area contributed by atoms with Crippen LogP contribution in [0.25, 0.3) is 11.0 Å². The maximum Gasteiger partial charge on any atom is 0.151 e. The Bertz CT molecular complexity index is 514. The number of nitrogens with one attached hydrogen (secondary N) is 2. The third kappa shape index (κ3) is 2.17. The van der Waals surface area contributed by atoms with Crippen molar-refractivity contribution in [1.29, 1.82) is 0 Å². The van der Waals surface area contributed by atoms with E-state index < -0.39 is 0 Å². The number of rotatable bonds is 3. The molecule has 1 saturated carbocycles. The smallest absolute Gasteiger partial charge is 0.151 e. The first-order valence-electron chi connectivity index (χ1n) is 6.19. The monoisotopic (exact) mass is 233 g/mol. The third-order valence-corrected chi connectivity index (χ3v) is 3.43. The van der Waals surface area contributed by atoms with Gasteiger partial charge in [-0.15, -0.1) is 0 Å². The lowest BCUT2D eigenvalue weighted by molar-refractivity contribution is 0.515. The zero-order valence-electron chi connectivity index (χ0n) is 9.67. The number of hydrogen-bond acceptors (Lipinski definition) is 2. The van der Waals surface area contributed by atoms with E-state index in [1.165, 1.54) is 31.7 Å².